The van der Waals surface area contributed by atoms with Crippen LogP contribution in [-0.2, 0) is 20.0 Å². The van der Waals surface area contributed by atoms with Gasteiger partial charge in [-0.15, -0.1) is 0 Å². The smallest absolute Gasteiger partial charge is 0.0767 e. The number of aliphatic hydroxyl groups is 1. The minimum Gasteiger partial charge on any atom is -0.396 e. The molecule has 1 rings (SSSR count). The normalized spacial score (nSPS) is 12.9. The first-order chi connectivity index (χ1) is 9.13. The van der Waals surface area contributed by atoms with Gasteiger partial charge in [0.05, 0.1) is 15.9 Å². The van der Waals surface area contributed by atoms with E-state index < -0.39 is 0 Å². The Morgan fingerprint density at radius 2 is 2.11 bits per heavy atom. The van der Waals surface area contributed by atoms with Crippen molar-refractivity contribution < 1.29 is 5.11 Å². The molecular weight excluding hydrogens is 306 g/mol. The maximum Gasteiger partial charge on any atom is 0.0767 e. The summed E-state index contributed by atoms with van der Waals surface area (Å²) in [5.74, 6) is 0.563. The molecule has 2 N–H and O–H groups in total. The van der Waals surface area contributed by atoms with Crippen molar-refractivity contribution in [1.82, 2.24) is 15.1 Å². The molecule has 1 heterocycles. The average Bonchev–Trinajstić information content (AvgIpc) is 2.66. The fourth-order valence-electron chi connectivity index (χ4n) is 2.35. The predicted molar refractivity (Wildman–Crippen MR) is 82.1 cm³/mol. The van der Waals surface area contributed by atoms with E-state index in [0.29, 0.717) is 5.92 Å². The van der Waals surface area contributed by atoms with Crippen molar-refractivity contribution in [3.63, 3.8) is 0 Å². The highest BCUT2D eigenvalue weighted by Gasteiger charge is 2.13. The Hall–Kier alpha value is -0.390. The Labute approximate surface area is 124 Å². The van der Waals surface area contributed by atoms with Crippen LogP contribution in [0.1, 0.15) is 44.5 Å². The van der Waals surface area contributed by atoms with Gasteiger partial charge >= 0.3 is 0 Å². The SMILES string of the molecule is CCCC(CCO)CNCc1c(Br)c(CC)nn1C. The molecule has 1 aromatic rings. The number of halogens is 1. The number of aliphatic hydroxyl groups excluding tert-OH is 1. The molecule has 5 heteroatoms. The van der Waals surface area contributed by atoms with Gasteiger partial charge in [-0.2, -0.15) is 5.10 Å². The Morgan fingerprint density at radius 1 is 1.37 bits per heavy atom. The minimum atomic E-state index is 0.279. The van der Waals surface area contributed by atoms with Crippen molar-refractivity contribution in [1.29, 1.82) is 0 Å². The quantitative estimate of drug-likeness (QED) is 0.731. The molecule has 0 radical (unpaired) electrons. The van der Waals surface area contributed by atoms with E-state index in [1.54, 1.807) is 0 Å². The van der Waals surface area contributed by atoms with Gasteiger partial charge in [-0.1, -0.05) is 20.3 Å². The van der Waals surface area contributed by atoms with E-state index >= 15 is 0 Å². The summed E-state index contributed by atoms with van der Waals surface area (Å²) in [7, 11) is 1.98. The van der Waals surface area contributed by atoms with E-state index in [2.05, 4.69) is 40.2 Å². The lowest BCUT2D eigenvalue weighted by atomic mass is 10.0. The second-order valence-electron chi connectivity index (χ2n) is 4.98. The lowest BCUT2D eigenvalue weighted by Crippen LogP contribution is -2.24. The summed E-state index contributed by atoms with van der Waals surface area (Å²) in [5, 5.41) is 17.0. The molecule has 19 heavy (non-hydrogen) atoms. The number of aryl methyl sites for hydroxylation is 2. The topological polar surface area (TPSA) is 50.1 Å². The molecule has 1 unspecified atom stereocenters. The summed E-state index contributed by atoms with van der Waals surface area (Å²) < 4.78 is 3.07. The van der Waals surface area contributed by atoms with E-state index in [4.69, 9.17) is 5.11 Å². The van der Waals surface area contributed by atoms with Crippen LogP contribution in [0.25, 0.3) is 0 Å². The van der Waals surface area contributed by atoms with E-state index in [9.17, 15) is 0 Å². The Bertz CT molecular complexity index is 373. The van der Waals surface area contributed by atoms with Crippen molar-refractivity contribution in [2.45, 2.75) is 46.1 Å². The number of hydrogen-bond donors (Lipinski definition) is 2. The van der Waals surface area contributed by atoms with Gasteiger partial charge in [-0.05, 0) is 47.7 Å². The lowest BCUT2D eigenvalue weighted by molar-refractivity contribution is 0.247. The second kappa shape index (κ2) is 8.72. The van der Waals surface area contributed by atoms with Crippen LogP contribution in [0.3, 0.4) is 0 Å². The summed E-state index contributed by atoms with van der Waals surface area (Å²) >= 11 is 3.63. The van der Waals surface area contributed by atoms with Gasteiger partial charge < -0.3 is 10.4 Å². The van der Waals surface area contributed by atoms with Crippen LogP contribution in [-0.4, -0.2) is 28.0 Å². The van der Waals surface area contributed by atoms with E-state index in [-0.39, 0.29) is 6.61 Å². The minimum absolute atomic E-state index is 0.279. The zero-order chi connectivity index (χ0) is 14.3. The van der Waals surface area contributed by atoms with Crippen LogP contribution < -0.4 is 5.32 Å². The van der Waals surface area contributed by atoms with Crippen molar-refractivity contribution in [2.24, 2.45) is 13.0 Å². The highest BCUT2D eigenvalue weighted by Crippen LogP contribution is 2.21. The first-order valence-corrected chi connectivity index (χ1v) is 7.95. The summed E-state index contributed by atoms with van der Waals surface area (Å²) in [4.78, 5) is 0. The molecular formula is C14H26BrN3O. The number of hydrogen-bond acceptors (Lipinski definition) is 3. The molecule has 0 aliphatic rings. The maximum atomic E-state index is 9.05. The summed E-state index contributed by atoms with van der Waals surface area (Å²) in [5.41, 5.74) is 2.30. The molecule has 1 aromatic heterocycles. The van der Waals surface area contributed by atoms with E-state index in [1.165, 1.54) is 18.5 Å². The summed E-state index contributed by atoms with van der Waals surface area (Å²) in [6, 6.07) is 0. The molecule has 0 aromatic carbocycles. The standard InChI is InChI=1S/C14H26BrN3O/c1-4-6-11(7-8-19)9-16-10-13-14(15)12(5-2)17-18(13)3/h11,16,19H,4-10H2,1-3H3. The number of nitrogens with one attached hydrogen (secondary N) is 1. The third-order valence-corrected chi connectivity index (χ3v) is 4.38. The molecule has 0 saturated heterocycles. The van der Waals surface area contributed by atoms with Gasteiger partial charge in [-0.3, -0.25) is 4.68 Å². The molecule has 0 saturated carbocycles. The molecule has 0 aliphatic heterocycles. The van der Waals surface area contributed by atoms with Crippen molar-refractivity contribution in [3.8, 4) is 0 Å². The summed E-state index contributed by atoms with van der Waals surface area (Å²) in [6.07, 6.45) is 4.16. The van der Waals surface area contributed by atoms with Crippen molar-refractivity contribution in [2.75, 3.05) is 13.2 Å². The highest BCUT2D eigenvalue weighted by atomic mass is 79.9. The summed E-state index contributed by atoms with van der Waals surface area (Å²) in [6.45, 7) is 6.35. The molecule has 0 amide bonds. The molecule has 0 fully saturated rings. The second-order valence-corrected chi connectivity index (χ2v) is 5.78. The van der Waals surface area contributed by atoms with E-state index in [1.807, 2.05) is 11.7 Å². The number of aromatic nitrogens is 2. The molecule has 0 spiro atoms. The fraction of sp³-hybridized carbons (Fsp3) is 0.786. The van der Waals surface area contributed by atoms with Gasteiger partial charge in [0, 0.05) is 20.2 Å². The van der Waals surface area contributed by atoms with Crippen LogP contribution in [0.4, 0.5) is 0 Å². The third kappa shape index (κ3) is 4.89. The van der Waals surface area contributed by atoms with Gasteiger partial charge in [0.25, 0.3) is 0 Å². The van der Waals surface area contributed by atoms with Crippen LogP contribution >= 0.6 is 15.9 Å². The van der Waals surface area contributed by atoms with Gasteiger partial charge in [0.2, 0.25) is 0 Å². The fourth-order valence-corrected chi connectivity index (χ4v) is 3.10. The Kier molecular flexibility index (Phi) is 7.64. The van der Waals surface area contributed by atoms with Crippen molar-refractivity contribution >= 4 is 15.9 Å². The van der Waals surface area contributed by atoms with Gasteiger partial charge in [0.15, 0.2) is 0 Å². The molecule has 1 atom stereocenters. The van der Waals surface area contributed by atoms with Crippen LogP contribution in [0.5, 0.6) is 0 Å². The zero-order valence-electron chi connectivity index (χ0n) is 12.2. The van der Waals surface area contributed by atoms with Gasteiger partial charge in [0.1, 0.15) is 0 Å². The first-order valence-electron chi connectivity index (χ1n) is 7.15. The zero-order valence-corrected chi connectivity index (χ0v) is 13.8. The molecule has 110 valence electrons. The van der Waals surface area contributed by atoms with Crippen LogP contribution in [0.2, 0.25) is 0 Å². The Balaban J connectivity index is 2.50. The van der Waals surface area contributed by atoms with E-state index in [0.717, 1.165) is 36.1 Å². The lowest BCUT2D eigenvalue weighted by Gasteiger charge is -2.15. The molecule has 0 bridgehead atoms. The number of rotatable bonds is 9. The first kappa shape index (κ1) is 16.7. The largest absolute Gasteiger partial charge is 0.396 e. The highest BCUT2D eigenvalue weighted by molar-refractivity contribution is 9.10. The number of nitrogens with zero attached hydrogens (tertiary/aromatic N) is 2. The molecule has 0 aliphatic carbocycles. The Morgan fingerprint density at radius 3 is 2.63 bits per heavy atom. The average molecular weight is 332 g/mol. The molecule has 4 nitrogen and oxygen atoms in total. The van der Waals surface area contributed by atoms with Crippen LogP contribution in [0.15, 0.2) is 4.47 Å². The third-order valence-electron chi connectivity index (χ3n) is 3.46. The van der Waals surface area contributed by atoms with Gasteiger partial charge in [-0.25, -0.2) is 0 Å². The predicted octanol–water partition coefficient (Wildman–Crippen LogP) is 2.63. The van der Waals surface area contributed by atoms with Crippen molar-refractivity contribution in [3.05, 3.63) is 15.9 Å². The monoisotopic (exact) mass is 331 g/mol. The van der Waals surface area contributed by atoms with Crippen LogP contribution in [0, 0.1) is 5.92 Å². The maximum absolute atomic E-state index is 9.05.